The summed E-state index contributed by atoms with van der Waals surface area (Å²) in [5.74, 6) is -0.950. The van der Waals surface area contributed by atoms with Crippen molar-refractivity contribution in [2.45, 2.75) is 17.9 Å². The zero-order valence-corrected chi connectivity index (χ0v) is 11.3. The van der Waals surface area contributed by atoms with Crippen LogP contribution in [0.2, 0.25) is 0 Å². The molecular weight excluding hydrogens is 315 g/mol. The predicted octanol–water partition coefficient (Wildman–Crippen LogP) is 1.03. The minimum Gasteiger partial charge on any atom is -0.394 e. The lowest BCUT2D eigenvalue weighted by atomic mass is 10.2. The number of benzene rings is 1. The van der Waals surface area contributed by atoms with Crippen LogP contribution < -0.4 is 10.5 Å². The Morgan fingerprint density at radius 1 is 1.59 bits per heavy atom. The molecule has 1 aromatic rings. The van der Waals surface area contributed by atoms with Gasteiger partial charge >= 0.3 is 0 Å². The summed E-state index contributed by atoms with van der Waals surface area (Å²) in [5.41, 5.74) is 0.0147. The van der Waals surface area contributed by atoms with Crippen LogP contribution in [0.5, 0.6) is 0 Å². The number of hydrogen-bond donors (Lipinski definition) is 3. The molecule has 96 valence electrons. The Balaban J connectivity index is 3.36. The van der Waals surface area contributed by atoms with Gasteiger partial charge in [0.2, 0.25) is 10.0 Å². The van der Waals surface area contributed by atoms with Crippen LogP contribution in [-0.4, -0.2) is 26.2 Å². The van der Waals surface area contributed by atoms with Gasteiger partial charge in [-0.2, -0.15) is 0 Å². The van der Waals surface area contributed by atoms with Crippen molar-refractivity contribution in [3.05, 3.63) is 22.4 Å². The number of aliphatic hydroxyl groups excluding tert-OH is 1. The molecule has 0 bridgehead atoms. The third-order valence-electron chi connectivity index (χ3n) is 1.97. The van der Waals surface area contributed by atoms with E-state index in [0.717, 1.165) is 6.07 Å². The van der Waals surface area contributed by atoms with Crippen LogP contribution in [0.3, 0.4) is 0 Å². The molecule has 1 aromatic carbocycles. The van der Waals surface area contributed by atoms with Gasteiger partial charge in [0.05, 0.1) is 12.3 Å². The SMILES string of the molecule is CC(CO)Nc1cc(Br)cc(F)c1S(N)(=O)=O. The van der Waals surface area contributed by atoms with E-state index in [2.05, 4.69) is 21.2 Å². The molecule has 1 rings (SSSR count). The minimum absolute atomic E-state index is 0.0147. The quantitative estimate of drug-likeness (QED) is 0.770. The molecule has 0 saturated carbocycles. The summed E-state index contributed by atoms with van der Waals surface area (Å²) in [4.78, 5) is -0.610. The molecule has 0 radical (unpaired) electrons. The lowest BCUT2D eigenvalue weighted by molar-refractivity contribution is 0.281. The van der Waals surface area contributed by atoms with E-state index in [9.17, 15) is 12.8 Å². The fourth-order valence-electron chi connectivity index (χ4n) is 1.27. The number of nitrogens with two attached hydrogens (primary N) is 1. The molecule has 0 aliphatic rings. The standard InChI is InChI=1S/C9H12BrFN2O3S/c1-5(4-14)13-8-3-6(10)2-7(11)9(8)17(12,15)16/h2-3,5,13-14H,4H2,1H3,(H2,12,15,16). The molecule has 1 atom stereocenters. The smallest absolute Gasteiger partial charge is 0.243 e. The molecule has 4 N–H and O–H groups in total. The van der Waals surface area contributed by atoms with Crippen LogP contribution in [0, 0.1) is 5.82 Å². The van der Waals surface area contributed by atoms with Crippen molar-refractivity contribution in [2.24, 2.45) is 5.14 Å². The third-order valence-corrected chi connectivity index (χ3v) is 3.41. The summed E-state index contributed by atoms with van der Waals surface area (Å²) >= 11 is 3.05. The molecule has 0 saturated heterocycles. The highest BCUT2D eigenvalue weighted by Crippen LogP contribution is 2.28. The van der Waals surface area contributed by atoms with E-state index >= 15 is 0 Å². The first-order valence-corrected chi connectivity index (χ1v) is 6.99. The van der Waals surface area contributed by atoms with Crippen molar-refractivity contribution < 1.29 is 17.9 Å². The second kappa shape index (κ2) is 5.30. The molecule has 0 aliphatic heterocycles. The average Bonchev–Trinajstić information content (AvgIpc) is 2.13. The maximum atomic E-state index is 13.6. The molecule has 0 spiro atoms. The number of anilines is 1. The Labute approximate surface area is 107 Å². The van der Waals surface area contributed by atoms with Crippen LogP contribution in [-0.2, 0) is 10.0 Å². The van der Waals surface area contributed by atoms with Crippen molar-refractivity contribution in [3.8, 4) is 0 Å². The first kappa shape index (κ1) is 14.4. The number of rotatable bonds is 4. The Bertz CT molecular complexity index is 521. The van der Waals surface area contributed by atoms with Gasteiger partial charge in [-0.05, 0) is 19.1 Å². The zero-order valence-electron chi connectivity index (χ0n) is 8.94. The van der Waals surface area contributed by atoms with Crippen molar-refractivity contribution in [1.82, 2.24) is 0 Å². The Kier molecular flexibility index (Phi) is 4.48. The highest BCUT2D eigenvalue weighted by atomic mass is 79.9. The number of halogens is 2. The number of sulfonamides is 1. The maximum absolute atomic E-state index is 13.6. The van der Waals surface area contributed by atoms with Crippen molar-refractivity contribution in [1.29, 1.82) is 0 Å². The fraction of sp³-hybridized carbons (Fsp3) is 0.333. The molecular formula is C9H12BrFN2O3S. The van der Waals surface area contributed by atoms with Crippen molar-refractivity contribution >= 4 is 31.6 Å². The van der Waals surface area contributed by atoms with Gasteiger partial charge in [-0.15, -0.1) is 0 Å². The average molecular weight is 327 g/mol. The van der Waals surface area contributed by atoms with Crippen LogP contribution in [0.1, 0.15) is 6.92 Å². The molecule has 0 amide bonds. The minimum atomic E-state index is -4.17. The van der Waals surface area contributed by atoms with E-state index in [1.807, 2.05) is 0 Å². The molecule has 17 heavy (non-hydrogen) atoms. The van der Waals surface area contributed by atoms with E-state index in [-0.39, 0.29) is 12.3 Å². The van der Waals surface area contributed by atoms with Gasteiger partial charge in [-0.3, -0.25) is 0 Å². The Hall–Kier alpha value is -0.700. The third kappa shape index (κ3) is 3.63. The predicted molar refractivity (Wildman–Crippen MR) is 65.6 cm³/mol. The van der Waals surface area contributed by atoms with Gasteiger partial charge in [0.15, 0.2) is 0 Å². The van der Waals surface area contributed by atoms with E-state index in [1.165, 1.54) is 6.07 Å². The molecule has 5 nitrogen and oxygen atoms in total. The number of nitrogens with one attached hydrogen (secondary N) is 1. The topological polar surface area (TPSA) is 92.4 Å². The summed E-state index contributed by atoms with van der Waals surface area (Å²) in [6, 6.07) is 1.97. The molecule has 0 aromatic heterocycles. The van der Waals surface area contributed by atoms with Crippen molar-refractivity contribution in [2.75, 3.05) is 11.9 Å². The first-order valence-electron chi connectivity index (χ1n) is 4.65. The Morgan fingerprint density at radius 2 is 2.18 bits per heavy atom. The number of primary sulfonamides is 1. The molecule has 0 fully saturated rings. The fourth-order valence-corrected chi connectivity index (χ4v) is 2.45. The summed E-state index contributed by atoms with van der Waals surface area (Å²) in [6.07, 6.45) is 0. The second-order valence-corrected chi connectivity index (χ2v) is 5.95. The summed E-state index contributed by atoms with van der Waals surface area (Å²) < 4.78 is 36.5. The largest absolute Gasteiger partial charge is 0.394 e. The van der Waals surface area contributed by atoms with E-state index in [1.54, 1.807) is 6.92 Å². The molecule has 8 heteroatoms. The van der Waals surface area contributed by atoms with Crippen LogP contribution in [0.4, 0.5) is 10.1 Å². The lowest BCUT2D eigenvalue weighted by Crippen LogP contribution is -2.23. The van der Waals surface area contributed by atoms with Gasteiger partial charge in [0.1, 0.15) is 10.7 Å². The van der Waals surface area contributed by atoms with E-state index in [0.29, 0.717) is 4.47 Å². The molecule has 1 unspecified atom stereocenters. The summed E-state index contributed by atoms with van der Waals surface area (Å²) in [5, 5.41) is 16.5. The van der Waals surface area contributed by atoms with Crippen LogP contribution >= 0.6 is 15.9 Å². The molecule has 0 heterocycles. The van der Waals surface area contributed by atoms with Gasteiger partial charge in [0, 0.05) is 10.5 Å². The number of hydrogen-bond acceptors (Lipinski definition) is 4. The lowest BCUT2D eigenvalue weighted by Gasteiger charge is -2.16. The van der Waals surface area contributed by atoms with Gasteiger partial charge in [-0.25, -0.2) is 17.9 Å². The van der Waals surface area contributed by atoms with E-state index in [4.69, 9.17) is 10.2 Å². The second-order valence-electron chi connectivity index (χ2n) is 3.54. The number of aliphatic hydroxyl groups is 1. The van der Waals surface area contributed by atoms with Crippen LogP contribution in [0.15, 0.2) is 21.5 Å². The van der Waals surface area contributed by atoms with Gasteiger partial charge < -0.3 is 10.4 Å². The summed E-state index contributed by atoms with van der Waals surface area (Å²) in [6.45, 7) is 1.39. The monoisotopic (exact) mass is 326 g/mol. The zero-order chi connectivity index (χ0) is 13.2. The van der Waals surface area contributed by atoms with Gasteiger partial charge in [-0.1, -0.05) is 15.9 Å². The van der Waals surface area contributed by atoms with Crippen LogP contribution in [0.25, 0.3) is 0 Å². The van der Waals surface area contributed by atoms with E-state index < -0.39 is 26.8 Å². The Morgan fingerprint density at radius 3 is 2.65 bits per heavy atom. The highest BCUT2D eigenvalue weighted by Gasteiger charge is 2.21. The first-order chi connectivity index (χ1) is 7.75. The molecule has 0 aliphatic carbocycles. The van der Waals surface area contributed by atoms with Crippen molar-refractivity contribution in [3.63, 3.8) is 0 Å². The highest BCUT2D eigenvalue weighted by molar-refractivity contribution is 9.10. The summed E-state index contributed by atoms with van der Waals surface area (Å²) in [7, 11) is -4.17. The normalized spacial score (nSPS) is 13.5. The maximum Gasteiger partial charge on any atom is 0.243 e. The van der Waals surface area contributed by atoms with Gasteiger partial charge in [0.25, 0.3) is 0 Å².